The number of nitrogens with two attached hydrogens (primary N) is 1. The molecule has 16 heteroatoms. The van der Waals surface area contributed by atoms with Gasteiger partial charge in [0.15, 0.2) is 0 Å². The molecule has 1 aliphatic heterocycles. The largest absolute Gasteiger partial charge is 0.421 e. The maximum Gasteiger partial charge on any atom is 0.421 e. The molecular weight excluding hydrogens is 539 g/mol. The van der Waals surface area contributed by atoms with Crippen molar-refractivity contribution in [2.75, 3.05) is 20.2 Å². The lowest BCUT2D eigenvalue weighted by atomic mass is 9.87. The van der Waals surface area contributed by atoms with Gasteiger partial charge in [0.1, 0.15) is 17.5 Å². The predicted octanol–water partition coefficient (Wildman–Crippen LogP) is 3.59. The second kappa shape index (κ2) is 9.86. The van der Waals surface area contributed by atoms with Crippen molar-refractivity contribution < 1.29 is 44.3 Å². The molecule has 0 aromatic carbocycles. The monoisotopic (exact) mass is 562 g/mol. The van der Waals surface area contributed by atoms with Gasteiger partial charge in [0.2, 0.25) is 0 Å². The first-order chi connectivity index (χ1) is 17.6. The summed E-state index contributed by atoms with van der Waals surface area (Å²) in [5.74, 6) is -2.47. The van der Waals surface area contributed by atoms with E-state index < -0.39 is 82.7 Å². The number of H-pyrrole nitrogens is 1. The molecule has 0 radical (unpaired) electrons. The van der Waals surface area contributed by atoms with Gasteiger partial charge < -0.3 is 10.5 Å². The van der Waals surface area contributed by atoms with Gasteiger partial charge in [-0.3, -0.25) is 19.2 Å². The number of ether oxygens (including phenoxy) is 1. The quantitative estimate of drug-likeness (QED) is 0.409. The minimum absolute atomic E-state index is 0.0808. The highest BCUT2D eigenvalue weighted by Gasteiger charge is 2.52. The highest BCUT2D eigenvalue weighted by atomic mass is 19.4. The van der Waals surface area contributed by atoms with Crippen LogP contribution in [0.1, 0.15) is 42.7 Å². The van der Waals surface area contributed by atoms with Crippen molar-refractivity contribution >= 4 is 5.57 Å². The molecule has 3 aliphatic rings. The molecule has 1 saturated carbocycles. The van der Waals surface area contributed by atoms with Crippen LogP contribution in [0.15, 0.2) is 27.1 Å². The number of allylic oxidation sites excluding steroid dienone is 2. The van der Waals surface area contributed by atoms with Gasteiger partial charge >= 0.3 is 18.0 Å². The van der Waals surface area contributed by atoms with Gasteiger partial charge in [0.25, 0.3) is 12.0 Å². The minimum Gasteiger partial charge on any atom is -0.373 e. The Labute approximate surface area is 208 Å². The SMILES string of the molecule is COC1c2c(c(=O)[nH]c(=O)n2C2CC2)C(C(F)F)=C(F)C1N1CCC(C(N)C=C(C(F)(F)F)C(F)(F)F)C1. The van der Waals surface area contributed by atoms with E-state index in [0.717, 1.165) is 11.7 Å². The van der Waals surface area contributed by atoms with Crippen LogP contribution in [0, 0.1) is 5.92 Å². The fourth-order valence-electron chi connectivity index (χ4n) is 5.23. The molecule has 38 heavy (non-hydrogen) atoms. The number of hydrogen-bond donors (Lipinski definition) is 2. The third kappa shape index (κ3) is 5.04. The second-order valence-electron chi connectivity index (χ2n) is 9.48. The molecule has 0 amide bonds. The molecule has 3 N–H and O–H groups in total. The Morgan fingerprint density at radius 3 is 2.21 bits per heavy atom. The van der Waals surface area contributed by atoms with Crippen LogP contribution < -0.4 is 17.0 Å². The lowest BCUT2D eigenvalue weighted by molar-refractivity contribution is -0.172. The average molecular weight is 562 g/mol. The van der Waals surface area contributed by atoms with E-state index in [0.29, 0.717) is 12.8 Å². The number of halogens is 9. The molecule has 1 aromatic rings. The number of likely N-dealkylation sites (tertiary alicyclic amines) is 1. The van der Waals surface area contributed by atoms with Crippen molar-refractivity contribution in [2.24, 2.45) is 11.7 Å². The van der Waals surface area contributed by atoms with Crippen molar-refractivity contribution in [2.45, 2.75) is 62.3 Å². The second-order valence-corrected chi connectivity index (χ2v) is 9.48. The molecule has 4 unspecified atom stereocenters. The van der Waals surface area contributed by atoms with Gasteiger partial charge in [-0.2, -0.15) is 26.3 Å². The standard InChI is InChI=1S/C22H23F9N4O3/c1-38-17-15-13(19(36)33-20(37)35(15)9-2-3-9)12(18(24)25)14(23)16(17)34-5-4-8(7-34)10(32)6-11(21(26,27)28)22(29,30)31/h6,8-10,16-18H,2-5,7,32H2,1H3,(H,33,36,37). The first-order valence-corrected chi connectivity index (χ1v) is 11.5. The van der Waals surface area contributed by atoms with Gasteiger partial charge in [0, 0.05) is 25.7 Å². The van der Waals surface area contributed by atoms with E-state index in [2.05, 4.69) is 0 Å². The number of fused-ring (bicyclic) bond motifs is 1. The first kappa shape index (κ1) is 28.4. The number of nitrogens with one attached hydrogen (secondary N) is 1. The maximum absolute atomic E-state index is 15.7. The van der Waals surface area contributed by atoms with Crippen molar-refractivity contribution in [1.29, 1.82) is 0 Å². The molecule has 2 heterocycles. The van der Waals surface area contributed by atoms with Gasteiger partial charge in [-0.1, -0.05) is 6.08 Å². The van der Waals surface area contributed by atoms with Gasteiger partial charge in [-0.25, -0.2) is 18.0 Å². The summed E-state index contributed by atoms with van der Waals surface area (Å²) in [5.41, 5.74) is -1.47. The summed E-state index contributed by atoms with van der Waals surface area (Å²) in [7, 11) is 1.10. The van der Waals surface area contributed by atoms with Crippen LogP contribution in [-0.4, -0.2) is 65.5 Å². The summed E-state index contributed by atoms with van der Waals surface area (Å²) in [5, 5.41) is 0. The Morgan fingerprint density at radius 1 is 1.11 bits per heavy atom. The van der Waals surface area contributed by atoms with Gasteiger partial charge in [-0.05, 0) is 31.7 Å². The highest BCUT2D eigenvalue weighted by molar-refractivity contribution is 5.74. The summed E-state index contributed by atoms with van der Waals surface area (Å²) in [6, 6.07) is -3.82. The molecule has 4 rings (SSSR count). The van der Waals surface area contributed by atoms with Gasteiger partial charge in [0.05, 0.1) is 22.9 Å². The number of nitrogens with zero attached hydrogens (tertiary/aromatic N) is 2. The number of aromatic nitrogens is 2. The molecule has 212 valence electrons. The number of alkyl halides is 8. The Hall–Kier alpha value is -2.59. The van der Waals surface area contributed by atoms with Crippen molar-refractivity contribution in [3.63, 3.8) is 0 Å². The van der Waals surface area contributed by atoms with Crippen LogP contribution in [0.4, 0.5) is 39.5 Å². The molecule has 0 bridgehead atoms. The number of aromatic amines is 1. The molecule has 2 fully saturated rings. The minimum atomic E-state index is -5.72. The fourth-order valence-corrected chi connectivity index (χ4v) is 5.23. The Bertz CT molecular complexity index is 1240. The number of methoxy groups -OCH3 is 1. The topological polar surface area (TPSA) is 93.3 Å². The van der Waals surface area contributed by atoms with Crippen molar-refractivity contribution in [3.8, 4) is 0 Å². The van der Waals surface area contributed by atoms with Crippen LogP contribution >= 0.6 is 0 Å². The summed E-state index contributed by atoms with van der Waals surface area (Å²) in [4.78, 5) is 28.3. The van der Waals surface area contributed by atoms with E-state index in [1.54, 1.807) is 0 Å². The predicted molar refractivity (Wildman–Crippen MR) is 115 cm³/mol. The lowest BCUT2D eigenvalue weighted by Gasteiger charge is -2.39. The van der Waals surface area contributed by atoms with Crippen molar-refractivity contribution in [1.82, 2.24) is 14.5 Å². The zero-order valence-corrected chi connectivity index (χ0v) is 19.7. The smallest absolute Gasteiger partial charge is 0.373 e. The summed E-state index contributed by atoms with van der Waals surface area (Å²) >= 11 is 0. The summed E-state index contributed by atoms with van der Waals surface area (Å²) in [6.45, 7) is -0.498. The lowest BCUT2D eigenvalue weighted by Crippen LogP contribution is -2.48. The molecular formula is C22H23F9N4O3. The summed E-state index contributed by atoms with van der Waals surface area (Å²) in [6.07, 6.45) is -15.6. The molecule has 0 spiro atoms. The average Bonchev–Trinajstić information content (AvgIpc) is 3.50. The Kier molecular flexibility index (Phi) is 7.37. The Balaban J connectivity index is 1.75. The van der Waals surface area contributed by atoms with Crippen LogP contribution in [0.25, 0.3) is 5.57 Å². The van der Waals surface area contributed by atoms with E-state index in [1.165, 1.54) is 4.90 Å². The van der Waals surface area contributed by atoms with Crippen LogP contribution in [0.3, 0.4) is 0 Å². The molecule has 1 aromatic heterocycles. The molecule has 2 aliphatic carbocycles. The molecule has 1 saturated heterocycles. The van der Waals surface area contributed by atoms with E-state index in [-0.39, 0.29) is 31.3 Å². The third-order valence-electron chi connectivity index (χ3n) is 7.07. The van der Waals surface area contributed by atoms with Crippen LogP contribution in [0.5, 0.6) is 0 Å². The highest BCUT2D eigenvalue weighted by Crippen LogP contribution is 2.47. The fraction of sp³-hybridized carbons (Fsp3) is 0.636. The zero-order valence-electron chi connectivity index (χ0n) is 19.7. The van der Waals surface area contributed by atoms with E-state index in [4.69, 9.17) is 10.5 Å². The van der Waals surface area contributed by atoms with Crippen LogP contribution in [0.2, 0.25) is 0 Å². The maximum atomic E-state index is 15.7. The van der Waals surface area contributed by atoms with Crippen molar-refractivity contribution in [3.05, 3.63) is 49.6 Å². The zero-order chi connectivity index (χ0) is 28.3. The number of rotatable bonds is 6. The summed E-state index contributed by atoms with van der Waals surface area (Å²) < 4.78 is 128. The normalized spacial score (nSPS) is 25.6. The van der Waals surface area contributed by atoms with E-state index in [9.17, 15) is 44.7 Å². The Morgan fingerprint density at radius 2 is 1.71 bits per heavy atom. The van der Waals surface area contributed by atoms with Gasteiger partial charge in [-0.15, -0.1) is 0 Å². The van der Waals surface area contributed by atoms with E-state index in [1.807, 2.05) is 4.98 Å². The van der Waals surface area contributed by atoms with Crippen LogP contribution in [-0.2, 0) is 4.74 Å². The molecule has 7 nitrogen and oxygen atoms in total. The first-order valence-electron chi connectivity index (χ1n) is 11.5. The molecule has 4 atom stereocenters. The van der Waals surface area contributed by atoms with E-state index >= 15 is 4.39 Å². The number of hydrogen-bond acceptors (Lipinski definition) is 5. The third-order valence-corrected chi connectivity index (χ3v) is 7.07.